The Morgan fingerprint density at radius 1 is 1.06 bits per heavy atom. The molecular formula is C14H31NO2. The highest BCUT2D eigenvalue weighted by molar-refractivity contribution is 4.65. The number of nitrogens with one attached hydrogen (secondary N) is 1. The third kappa shape index (κ3) is 12.1. The normalized spacial score (nSPS) is 13.6. The summed E-state index contributed by atoms with van der Waals surface area (Å²) in [5.74, 6) is 1.47. The van der Waals surface area contributed by atoms with E-state index in [9.17, 15) is 0 Å². The molecule has 0 fully saturated rings. The molecule has 0 saturated heterocycles. The van der Waals surface area contributed by atoms with E-state index in [1.807, 2.05) is 0 Å². The van der Waals surface area contributed by atoms with E-state index < -0.39 is 0 Å². The van der Waals surface area contributed by atoms with Gasteiger partial charge in [0.1, 0.15) is 0 Å². The lowest BCUT2D eigenvalue weighted by atomic mass is 9.94. The second-order valence-electron chi connectivity index (χ2n) is 5.40. The molecule has 0 rings (SSSR count). The first-order chi connectivity index (χ1) is 8.06. The number of hydrogen-bond donors (Lipinski definition) is 1. The van der Waals surface area contributed by atoms with Crippen LogP contribution in [-0.4, -0.2) is 39.5 Å². The molecule has 3 heteroatoms. The Morgan fingerprint density at radius 2 is 1.76 bits per heavy atom. The molecule has 0 spiro atoms. The van der Waals surface area contributed by atoms with Gasteiger partial charge < -0.3 is 14.8 Å². The molecule has 1 unspecified atom stereocenters. The van der Waals surface area contributed by atoms with Crippen LogP contribution in [0.25, 0.3) is 0 Å². The van der Waals surface area contributed by atoms with Crippen LogP contribution in [0.15, 0.2) is 0 Å². The summed E-state index contributed by atoms with van der Waals surface area (Å²) < 4.78 is 10.7. The number of hydrogen-bond acceptors (Lipinski definition) is 3. The maximum absolute atomic E-state index is 5.63. The molecule has 0 aliphatic heterocycles. The summed E-state index contributed by atoms with van der Waals surface area (Å²) >= 11 is 0. The molecule has 0 aromatic rings. The van der Waals surface area contributed by atoms with Gasteiger partial charge in [-0.2, -0.15) is 0 Å². The topological polar surface area (TPSA) is 30.5 Å². The van der Waals surface area contributed by atoms with Crippen molar-refractivity contribution in [2.75, 3.05) is 33.4 Å². The van der Waals surface area contributed by atoms with Crippen molar-refractivity contribution >= 4 is 0 Å². The SMILES string of the molecule is COCCNCC(CCOC(C)C)CC(C)C. The Balaban J connectivity index is 3.71. The summed E-state index contributed by atoms with van der Waals surface area (Å²) in [4.78, 5) is 0. The van der Waals surface area contributed by atoms with E-state index in [1.54, 1.807) is 7.11 Å². The van der Waals surface area contributed by atoms with Gasteiger partial charge in [0, 0.05) is 20.3 Å². The van der Waals surface area contributed by atoms with E-state index in [1.165, 1.54) is 6.42 Å². The molecule has 17 heavy (non-hydrogen) atoms. The molecule has 0 amide bonds. The number of methoxy groups -OCH3 is 1. The maximum Gasteiger partial charge on any atom is 0.0587 e. The lowest BCUT2D eigenvalue weighted by molar-refractivity contribution is 0.0662. The first-order valence-corrected chi connectivity index (χ1v) is 6.87. The van der Waals surface area contributed by atoms with E-state index in [4.69, 9.17) is 9.47 Å². The summed E-state index contributed by atoms with van der Waals surface area (Å²) in [6.07, 6.45) is 2.76. The van der Waals surface area contributed by atoms with Crippen molar-refractivity contribution in [1.29, 1.82) is 0 Å². The third-order valence-corrected chi connectivity index (χ3v) is 2.70. The molecule has 0 bridgehead atoms. The Morgan fingerprint density at radius 3 is 2.29 bits per heavy atom. The molecule has 0 saturated carbocycles. The predicted molar refractivity (Wildman–Crippen MR) is 73.4 cm³/mol. The lowest BCUT2D eigenvalue weighted by Crippen LogP contribution is -2.28. The molecule has 104 valence electrons. The Bertz CT molecular complexity index is 160. The molecule has 0 heterocycles. The van der Waals surface area contributed by atoms with Crippen molar-refractivity contribution in [3.8, 4) is 0 Å². The van der Waals surface area contributed by atoms with Crippen LogP contribution >= 0.6 is 0 Å². The molecular weight excluding hydrogens is 214 g/mol. The fourth-order valence-electron chi connectivity index (χ4n) is 1.92. The van der Waals surface area contributed by atoms with Gasteiger partial charge in [-0.15, -0.1) is 0 Å². The molecule has 0 aromatic heterocycles. The van der Waals surface area contributed by atoms with Gasteiger partial charge in [-0.3, -0.25) is 0 Å². The smallest absolute Gasteiger partial charge is 0.0587 e. The molecule has 3 nitrogen and oxygen atoms in total. The van der Waals surface area contributed by atoms with Gasteiger partial charge in [-0.05, 0) is 45.1 Å². The van der Waals surface area contributed by atoms with Crippen LogP contribution in [0.3, 0.4) is 0 Å². The van der Waals surface area contributed by atoms with E-state index in [0.717, 1.165) is 38.6 Å². The average Bonchev–Trinajstić information content (AvgIpc) is 2.22. The van der Waals surface area contributed by atoms with E-state index >= 15 is 0 Å². The van der Waals surface area contributed by atoms with E-state index in [-0.39, 0.29) is 0 Å². The molecule has 1 atom stereocenters. The second kappa shape index (κ2) is 11.0. The highest BCUT2D eigenvalue weighted by atomic mass is 16.5. The highest BCUT2D eigenvalue weighted by Gasteiger charge is 2.11. The fraction of sp³-hybridized carbons (Fsp3) is 1.00. The summed E-state index contributed by atoms with van der Waals surface area (Å²) in [5.41, 5.74) is 0. The van der Waals surface area contributed by atoms with Gasteiger partial charge in [-0.1, -0.05) is 13.8 Å². The minimum Gasteiger partial charge on any atom is -0.383 e. The monoisotopic (exact) mass is 245 g/mol. The van der Waals surface area contributed by atoms with Crippen molar-refractivity contribution in [1.82, 2.24) is 5.32 Å². The second-order valence-corrected chi connectivity index (χ2v) is 5.40. The third-order valence-electron chi connectivity index (χ3n) is 2.70. The summed E-state index contributed by atoms with van der Waals surface area (Å²) in [7, 11) is 1.74. The average molecular weight is 245 g/mol. The van der Waals surface area contributed by atoms with Crippen LogP contribution in [0.4, 0.5) is 0 Å². The predicted octanol–water partition coefficient (Wildman–Crippen LogP) is 2.70. The van der Waals surface area contributed by atoms with Gasteiger partial charge in [0.15, 0.2) is 0 Å². The first-order valence-electron chi connectivity index (χ1n) is 6.87. The zero-order valence-electron chi connectivity index (χ0n) is 12.3. The molecule has 1 N–H and O–H groups in total. The van der Waals surface area contributed by atoms with Crippen molar-refractivity contribution < 1.29 is 9.47 Å². The Labute approximate surface area is 107 Å². The minimum atomic E-state index is 0.344. The van der Waals surface area contributed by atoms with Gasteiger partial charge in [0.25, 0.3) is 0 Å². The van der Waals surface area contributed by atoms with Gasteiger partial charge in [0.05, 0.1) is 12.7 Å². The van der Waals surface area contributed by atoms with Crippen molar-refractivity contribution in [2.24, 2.45) is 11.8 Å². The molecule has 0 aromatic carbocycles. The zero-order chi connectivity index (χ0) is 13.1. The highest BCUT2D eigenvalue weighted by Crippen LogP contribution is 2.15. The van der Waals surface area contributed by atoms with Crippen molar-refractivity contribution in [3.63, 3.8) is 0 Å². The maximum atomic E-state index is 5.63. The molecule has 0 radical (unpaired) electrons. The van der Waals surface area contributed by atoms with E-state index in [0.29, 0.717) is 12.0 Å². The van der Waals surface area contributed by atoms with Crippen molar-refractivity contribution in [2.45, 2.75) is 46.6 Å². The fourth-order valence-corrected chi connectivity index (χ4v) is 1.92. The van der Waals surface area contributed by atoms with Gasteiger partial charge >= 0.3 is 0 Å². The van der Waals surface area contributed by atoms with Crippen LogP contribution in [0.2, 0.25) is 0 Å². The molecule has 0 aliphatic carbocycles. The first kappa shape index (κ1) is 16.9. The van der Waals surface area contributed by atoms with Crippen LogP contribution in [0.1, 0.15) is 40.5 Å². The zero-order valence-corrected chi connectivity index (χ0v) is 12.3. The van der Waals surface area contributed by atoms with Crippen LogP contribution in [0.5, 0.6) is 0 Å². The van der Waals surface area contributed by atoms with Gasteiger partial charge in [-0.25, -0.2) is 0 Å². The van der Waals surface area contributed by atoms with Gasteiger partial charge in [0.2, 0.25) is 0 Å². The minimum absolute atomic E-state index is 0.344. The molecule has 0 aliphatic rings. The van der Waals surface area contributed by atoms with Crippen LogP contribution in [0, 0.1) is 11.8 Å². The summed E-state index contributed by atoms with van der Waals surface area (Å²) in [5, 5.41) is 3.45. The van der Waals surface area contributed by atoms with Crippen LogP contribution < -0.4 is 5.32 Å². The van der Waals surface area contributed by atoms with E-state index in [2.05, 4.69) is 33.0 Å². The van der Waals surface area contributed by atoms with Crippen molar-refractivity contribution in [3.05, 3.63) is 0 Å². The Kier molecular flexibility index (Phi) is 10.9. The Hall–Kier alpha value is -0.120. The number of rotatable bonds is 11. The lowest BCUT2D eigenvalue weighted by Gasteiger charge is -2.20. The number of ether oxygens (including phenoxy) is 2. The summed E-state index contributed by atoms with van der Waals surface area (Å²) in [6, 6.07) is 0. The largest absolute Gasteiger partial charge is 0.383 e. The summed E-state index contributed by atoms with van der Waals surface area (Å²) in [6.45, 7) is 12.4. The standard InChI is InChI=1S/C14H31NO2/c1-12(2)10-14(6-8-17-13(3)4)11-15-7-9-16-5/h12-15H,6-11H2,1-5H3. The quantitative estimate of drug-likeness (QED) is 0.568. The van der Waals surface area contributed by atoms with Crippen LogP contribution in [-0.2, 0) is 9.47 Å².